The maximum atomic E-state index is 13.1. The molecule has 3 rings (SSSR count). The van der Waals surface area contributed by atoms with Crippen LogP contribution in [-0.4, -0.2) is 21.2 Å². The van der Waals surface area contributed by atoms with Crippen molar-refractivity contribution in [1.29, 1.82) is 0 Å². The summed E-state index contributed by atoms with van der Waals surface area (Å²) in [4.78, 5) is 14.8. The molecule has 0 aliphatic heterocycles. The minimum atomic E-state index is -5.12. The number of furan rings is 1. The van der Waals surface area contributed by atoms with E-state index in [0.29, 0.717) is 0 Å². The number of nitrogens with zero attached hydrogens (tertiary/aromatic N) is 3. The summed E-state index contributed by atoms with van der Waals surface area (Å²) in [7, 11) is 0. The van der Waals surface area contributed by atoms with Gasteiger partial charge in [-0.15, -0.1) is 10.2 Å². The molecule has 0 N–H and O–H groups in total. The number of carbonyl (C=O) groups is 1. The van der Waals surface area contributed by atoms with Crippen molar-refractivity contribution in [3.05, 3.63) is 65.3 Å². The predicted octanol–water partition coefficient (Wildman–Crippen LogP) is 4.53. The molecular formula is C17H9F6N3O3. The summed E-state index contributed by atoms with van der Waals surface area (Å²) >= 11 is 0. The Labute approximate surface area is 158 Å². The lowest BCUT2D eigenvalue weighted by molar-refractivity contribution is -0.150. The van der Waals surface area contributed by atoms with Gasteiger partial charge in [-0.25, -0.2) is 9.78 Å². The Morgan fingerprint density at radius 3 is 2.24 bits per heavy atom. The Hall–Kier alpha value is -3.44. The molecule has 0 saturated carbocycles. The molecular weight excluding hydrogens is 408 g/mol. The van der Waals surface area contributed by atoms with Crippen molar-refractivity contribution in [2.45, 2.75) is 19.0 Å². The lowest BCUT2D eigenvalue weighted by Crippen LogP contribution is -2.19. The number of halogens is 6. The van der Waals surface area contributed by atoms with Crippen LogP contribution in [0.3, 0.4) is 0 Å². The lowest BCUT2D eigenvalue weighted by Gasteiger charge is -2.11. The van der Waals surface area contributed by atoms with Crippen LogP contribution in [-0.2, 0) is 23.7 Å². The van der Waals surface area contributed by atoms with Gasteiger partial charge in [-0.1, -0.05) is 18.2 Å². The van der Waals surface area contributed by atoms with E-state index in [1.54, 1.807) is 18.2 Å². The smallest absolute Gasteiger partial charge is 0.453 e. The van der Waals surface area contributed by atoms with Crippen LogP contribution >= 0.6 is 0 Å². The molecule has 2 aromatic heterocycles. The predicted molar refractivity (Wildman–Crippen MR) is 83.1 cm³/mol. The van der Waals surface area contributed by atoms with Crippen molar-refractivity contribution in [3.8, 4) is 11.5 Å². The second-order valence-corrected chi connectivity index (χ2v) is 5.54. The molecule has 3 aromatic rings. The van der Waals surface area contributed by atoms with Crippen LogP contribution in [0.4, 0.5) is 26.3 Å². The third-order valence-electron chi connectivity index (χ3n) is 3.46. The SMILES string of the molecule is O=C(OCc1ccc(-c2nc(C(F)(F)F)nnc2C(F)(F)F)o1)c1ccccc1. The Balaban J connectivity index is 1.86. The first-order valence-corrected chi connectivity index (χ1v) is 7.76. The standard InChI is InChI=1S/C17H9F6N3O3/c18-16(19,20)13-12(24-15(26-25-13)17(21,22)23)11-7-6-10(29-11)8-28-14(27)9-4-2-1-3-5-9/h1-7H,8H2. The molecule has 0 amide bonds. The molecule has 0 spiro atoms. The molecule has 152 valence electrons. The fourth-order valence-electron chi connectivity index (χ4n) is 2.19. The average Bonchev–Trinajstić information content (AvgIpc) is 3.14. The zero-order valence-corrected chi connectivity index (χ0v) is 14.1. The molecule has 29 heavy (non-hydrogen) atoms. The molecule has 2 heterocycles. The van der Waals surface area contributed by atoms with Crippen LogP contribution < -0.4 is 0 Å². The quantitative estimate of drug-likeness (QED) is 0.459. The van der Waals surface area contributed by atoms with E-state index in [1.807, 2.05) is 0 Å². The molecule has 0 aliphatic rings. The highest BCUT2D eigenvalue weighted by Crippen LogP contribution is 2.36. The topological polar surface area (TPSA) is 78.1 Å². The maximum absolute atomic E-state index is 13.1. The number of aromatic nitrogens is 3. The normalized spacial score (nSPS) is 12.1. The monoisotopic (exact) mass is 417 g/mol. The molecule has 0 aliphatic carbocycles. The van der Waals surface area contributed by atoms with E-state index in [1.165, 1.54) is 12.1 Å². The number of carbonyl (C=O) groups excluding carboxylic acids is 1. The van der Waals surface area contributed by atoms with E-state index in [9.17, 15) is 31.1 Å². The molecule has 0 atom stereocenters. The van der Waals surface area contributed by atoms with Crippen molar-refractivity contribution < 1.29 is 40.3 Å². The van der Waals surface area contributed by atoms with Crippen LogP contribution in [0.5, 0.6) is 0 Å². The molecule has 0 bridgehead atoms. The number of alkyl halides is 6. The second-order valence-electron chi connectivity index (χ2n) is 5.54. The number of benzene rings is 1. The lowest BCUT2D eigenvalue weighted by atomic mass is 10.2. The number of rotatable bonds is 4. The Kier molecular flexibility index (Phi) is 5.27. The first-order valence-electron chi connectivity index (χ1n) is 7.76. The van der Waals surface area contributed by atoms with Gasteiger partial charge in [-0.2, -0.15) is 26.3 Å². The summed E-state index contributed by atoms with van der Waals surface area (Å²) in [5, 5.41) is 5.10. The maximum Gasteiger partial charge on any atom is 0.453 e. The van der Waals surface area contributed by atoms with E-state index in [2.05, 4.69) is 15.2 Å². The molecule has 0 fully saturated rings. The van der Waals surface area contributed by atoms with E-state index in [-0.39, 0.29) is 11.3 Å². The molecule has 6 nitrogen and oxygen atoms in total. The molecule has 0 saturated heterocycles. The van der Waals surface area contributed by atoms with Gasteiger partial charge in [0.15, 0.2) is 11.5 Å². The number of hydrogen-bond donors (Lipinski definition) is 0. The third kappa shape index (κ3) is 4.70. The van der Waals surface area contributed by atoms with Gasteiger partial charge in [0.25, 0.3) is 5.82 Å². The van der Waals surface area contributed by atoms with E-state index < -0.39 is 47.9 Å². The summed E-state index contributed by atoms with van der Waals surface area (Å²) in [6.07, 6.45) is -10.2. The molecule has 1 aromatic carbocycles. The van der Waals surface area contributed by atoms with Crippen LogP contribution in [0.2, 0.25) is 0 Å². The van der Waals surface area contributed by atoms with Crippen molar-refractivity contribution in [2.24, 2.45) is 0 Å². The van der Waals surface area contributed by atoms with Gasteiger partial charge in [-0.3, -0.25) is 0 Å². The van der Waals surface area contributed by atoms with Crippen LogP contribution in [0.25, 0.3) is 11.5 Å². The number of hydrogen-bond acceptors (Lipinski definition) is 6. The fourth-order valence-corrected chi connectivity index (χ4v) is 2.19. The summed E-state index contributed by atoms with van der Waals surface area (Å²) < 4.78 is 87.5. The van der Waals surface area contributed by atoms with Gasteiger partial charge < -0.3 is 9.15 Å². The van der Waals surface area contributed by atoms with E-state index in [0.717, 1.165) is 12.1 Å². The summed E-state index contributed by atoms with van der Waals surface area (Å²) in [6, 6.07) is 9.95. The number of esters is 1. The number of ether oxygens (including phenoxy) is 1. The van der Waals surface area contributed by atoms with Crippen molar-refractivity contribution >= 4 is 5.97 Å². The zero-order chi connectivity index (χ0) is 21.2. The Morgan fingerprint density at radius 1 is 0.931 bits per heavy atom. The van der Waals surface area contributed by atoms with Gasteiger partial charge in [0, 0.05) is 0 Å². The summed E-state index contributed by atoms with van der Waals surface area (Å²) in [5.74, 6) is -3.32. The van der Waals surface area contributed by atoms with Gasteiger partial charge in [0.05, 0.1) is 5.56 Å². The van der Waals surface area contributed by atoms with E-state index >= 15 is 0 Å². The van der Waals surface area contributed by atoms with Gasteiger partial charge >= 0.3 is 18.3 Å². The van der Waals surface area contributed by atoms with Crippen LogP contribution in [0.1, 0.15) is 27.6 Å². The van der Waals surface area contributed by atoms with E-state index in [4.69, 9.17) is 9.15 Å². The van der Waals surface area contributed by atoms with Crippen LogP contribution in [0, 0.1) is 0 Å². The highest BCUT2D eigenvalue weighted by molar-refractivity contribution is 5.89. The largest absolute Gasteiger partial charge is 0.456 e. The van der Waals surface area contributed by atoms with Gasteiger partial charge in [-0.05, 0) is 24.3 Å². The first kappa shape index (κ1) is 20.3. The summed E-state index contributed by atoms with van der Waals surface area (Å²) in [5.41, 5.74) is -2.69. The average molecular weight is 417 g/mol. The molecule has 12 heteroatoms. The minimum absolute atomic E-state index is 0.107. The third-order valence-corrected chi connectivity index (χ3v) is 3.46. The first-order chi connectivity index (χ1) is 13.6. The van der Waals surface area contributed by atoms with Crippen molar-refractivity contribution in [2.75, 3.05) is 0 Å². The van der Waals surface area contributed by atoms with Crippen molar-refractivity contribution in [1.82, 2.24) is 15.2 Å². The zero-order valence-electron chi connectivity index (χ0n) is 14.1. The highest BCUT2D eigenvalue weighted by Gasteiger charge is 2.42. The summed E-state index contributed by atoms with van der Waals surface area (Å²) in [6.45, 7) is -0.459. The van der Waals surface area contributed by atoms with Crippen molar-refractivity contribution in [3.63, 3.8) is 0 Å². The highest BCUT2D eigenvalue weighted by atomic mass is 19.4. The van der Waals surface area contributed by atoms with Gasteiger partial charge in [0.2, 0.25) is 0 Å². The molecule has 0 radical (unpaired) electrons. The van der Waals surface area contributed by atoms with Crippen LogP contribution in [0.15, 0.2) is 46.9 Å². The second kappa shape index (κ2) is 7.53. The Bertz CT molecular complexity index is 1020. The minimum Gasteiger partial charge on any atom is -0.456 e. The molecule has 0 unspecified atom stereocenters. The van der Waals surface area contributed by atoms with Gasteiger partial charge in [0.1, 0.15) is 18.1 Å². The Morgan fingerprint density at radius 2 is 1.62 bits per heavy atom. The fraction of sp³-hybridized carbons (Fsp3) is 0.176.